The molecular formula is C18H14N4OS2. The number of thiazole rings is 1. The first kappa shape index (κ1) is 15.9. The molecule has 25 heavy (non-hydrogen) atoms. The van der Waals surface area contributed by atoms with Crippen molar-refractivity contribution in [1.29, 1.82) is 0 Å². The van der Waals surface area contributed by atoms with Crippen LogP contribution >= 0.6 is 22.7 Å². The summed E-state index contributed by atoms with van der Waals surface area (Å²) in [5, 5.41) is 5.93. The van der Waals surface area contributed by atoms with Crippen LogP contribution < -0.4 is 5.32 Å². The van der Waals surface area contributed by atoms with Gasteiger partial charge in [-0.3, -0.25) is 9.78 Å². The maximum absolute atomic E-state index is 12.4. The molecule has 0 aliphatic rings. The Labute approximate surface area is 152 Å². The highest BCUT2D eigenvalue weighted by molar-refractivity contribution is 7.21. The van der Waals surface area contributed by atoms with Gasteiger partial charge in [0.25, 0.3) is 5.91 Å². The quantitative estimate of drug-likeness (QED) is 0.591. The van der Waals surface area contributed by atoms with Crippen LogP contribution in [0.25, 0.3) is 20.9 Å². The number of nitrogens with one attached hydrogen (secondary N) is 1. The molecule has 4 aromatic rings. The Bertz CT molecular complexity index is 1040. The molecule has 4 rings (SSSR count). The fourth-order valence-corrected chi connectivity index (χ4v) is 4.21. The second kappa shape index (κ2) is 6.70. The Morgan fingerprint density at radius 1 is 1.12 bits per heavy atom. The van der Waals surface area contributed by atoms with Gasteiger partial charge in [-0.25, -0.2) is 9.97 Å². The molecule has 3 heterocycles. The average Bonchev–Trinajstić information content (AvgIpc) is 3.29. The standard InChI is InChI=1S/C18H14N4OS2/c1-11-16(25-18(21-11)15-7-4-8-24-15)10-20-17(23)14-9-19-12-5-2-3-6-13(12)22-14/h2-9H,10H2,1H3,(H,20,23). The largest absolute Gasteiger partial charge is 0.346 e. The molecule has 7 heteroatoms. The molecule has 0 spiro atoms. The molecule has 0 atom stereocenters. The predicted octanol–water partition coefficient (Wildman–Crippen LogP) is 4.05. The van der Waals surface area contributed by atoms with Crippen LogP contribution in [0.15, 0.2) is 48.0 Å². The van der Waals surface area contributed by atoms with E-state index in [1.165, 1.54) is 6.20 Å². The molecule has 0 radical (unpaired) electrons. The van der Waals surface area contributed by atoms with E-state index in [2.05, 4.69) is 26.3 Å². The van der Waals surface area contributed by atoms with Gasteiger partial charge in [-0.05, 0) is 30.5 Å². The number of carbonyl (C=O) groups excluding carboxylic acids is 1. The summed E-state index contributed by atoms with van der Waals surface area (Å²) in [6.07, 6.45) is 1.51. The maximum atomic E-state index is 12.4. The summed E-state index contributed by atoms with van der Waals surface area (Å²) in [7, 11) is 0. The van der Waals surface area contributed by atoms with E-state index < -0.39 is 0 Å². The van der Waals surface area contributed by atoms with Crippen molar-refractivity contribution in [3.63, 3.8) is 0 Å². The fourth-order valence-electron chi connectivity index (χ4n) is 2.42. The van der Waals surface area contributed by atoms with E-state index >= 15 is 0 Å². The van der Waals surface area contributed by atoms with Gasteiger partial charge in [-0.15, -0.1) is 22.7 Å². The van der Waals surface area contributed by atoms with E-state index in [4.69, 9.17) is 0 Å². The van der Waals surface area contributed by atoms with E-state index in [1.54, 1.807) is 22.7 Å². The minimum atomic E-state index is -0.233. The number of nitrogens with zero attached hydrogens (tertiary/aromatic N) is 3. The van der Waals surface area contributed by atoms with Gasteiger partial charge in [0.05, 0.1) is 34.3 Å². The second-order valence-corrected chi connectivity index (χ2v) is 7.46. The van der Waals surface area contributed by atoms with Gasteiger partial charge in [-0.1, -0.05) is 18.2 Å². The predicted molar refractivity (Wildman–Crippen MR) is 101 cm³/mol. The van der Waals surface area contributed by atoms with Crippen LogP contribution in [0.5, 0.6) is 0 Å². The summed E-state index contributed by atoms with van der Waals surface area (Å²) in [4.78, 5) is 27.8. The molecular weight excluding hydrogens is 352 g/mol. The minimum absolute atomic E-state index is 0.233. The SMILES string of the molecule is Cc1nc(-c2cccs2)sc1CNC(=O)c1cnc2ccccc2n1. The number of hydrogen-bond donors (Lipinski definition) is 1. The average molecular weight is 366 g/mol. The highest BCUT2D eigenvalue weighted by Gasteiger charge is 2.13. The van der Waals surface area contributed by atoms with Gasteiger partial charge in [0.15, 0.2) is 0 Å². The first-order valence-electron chi connectivity index (χ1n) is 7.71. The molecule has 0 unspecified atom stereocenters. The molecule has 0 fully saturated rings. The Kier molecular flexibility index (Phi) is 4.25. The van der Waals surface area contributed by atoms with Gasteiger partial charge >= 0.3 is 0 Å². The van der Waals surface area contributed by atoms with Gasteiger partial charge < -0.3 is 5.32 Å². The third-order valence-corrected chi connectivity index (χ3v) is 5.91. The van der Waals surface area contributed by atoms with Crippen LogP contribution in [-0.4, -0.2) is 20.9 Å². The zero-order chi connectivity index (χ0) is 17.2. The lowest BCUT2D eigenvalue weighted by atomic mass is 10.3. The maximum Gasteiger partial charge on any atom is 0.271 e. The molecule has 0 bridgehead atoms. The highest BCUT2D eigenvalue weighted by atomic mass is 32.1. The van der Waals surface area contributed by atoms with Crippen molar-refractivity contribution in [3.05, 3.63) is 64.2 Å². The smallest absolute Gasteiger partial charge is 0.271 e. The lowest BCUT2D eigenvalue weighted by Crippen LogP contribution is -2.23. The monoisotopic (exact) mass is 366 g/mol. The summed E-state index contributed by atoms with van der Waals surface area (Å²) in [6.45, 7) is 2.40. The van der Waals surface area contributed by atoms with E-state index in [0.29, 0.717) is 17.8 Å². The summed E-state index contributed by atoms with van der Waals surface area (Å²) in [5.74, 6) is -0.233. The number of hydrogen-bond acceptors (Lipinski definition) is 6. The van der Waals surface area contributed by atoms with Crippen molar-refractivity contribution < 1.29 is 4.79 Å². The van der Waals surface area contributed by atoms with Crippen LogP contribution in [0.2, 0.25) is 0 Å². The Hall–Kier alpha value is -2.64. The molecule has 0 saturated heterocycles. The minimum Gasteiger partial charge on any atom is -0.346 e. The normalized spacial score (nSPS) is 10.9. The van der Waals surface area contributed by atoms with Crippen molar-refractivity contribution in [2.45, 2.75) is 13.5 Å². The van der Waals surface area contributed by atoms with Crippen molar-refractivity contribution in [3.8, 4) is 9.88 Å². The van der Waals surface area contributed by atoms with Gasteiger partial charge in [0.1, 0.15) is 10.7 Å². The van der Waals surface area contributed by atoms with E-state index in [1.807, 2.05) is 42.6 Å². The Balaban J connectivity index is 1.49. The number of carbonyl (C=O) groups is 1. The number of amides is 1. The zero-order valence-electron chi connectivity index (χ0n) is 13.4. The van der Waals surface area contributed by atoms with Crippen LogP contribution in [0.1, 0.15) is 21.1 Å². The van der Waals surface area contributed by atoms with Gasteiger partial charge in [-0.2, -0.15) is 0 Å². The van der Waals surface area contributed by atoms with Gasteiger partial charge in [0.2, 0.25) is 0 Å². The van der Waals surface area contributed by atoms with Crippen LogP contribution in [0.3, 0.4) is 0 Å². The summed E-state index contributed by atoms with van der Waals surface area (Å²) in [6, 6.07) is 11.6. The number of thiophene rings is 1. The number of aromatic nitrogens is 3. The number of para-hydroxylation sites is 2. The van der Waals surface area contributed by atoms with Crippen LogP contribution in [0.4, 0.5) is 0 Å². The molecule has 0 aliphatic heterocycles. The first-order chi connectivity index (χ1) is 12.2. The third-order valence-electron chi connectivity index (χ3n) is 3.72. The second-order valence-electron chi connectivity index (χ2n) is 5.43. The lowest BCUT2D eigenvalue weighted by molar-refractivity contribution is 0.0946. The summed E-state index contributed by atoms with van der Waals surface area (Å²) >= 11 is 3.27. The number of fused-ring (bicyclic) bond motifs is 1. The molecule has 124 valence electrons. The fraction of sp³-hybridized carbons (Fsp3) is 0.111. The number of rotatable bonds is 4. The molecule has 3 aromatic heterocycles. The lowest BCUT2D eigenvalue weighted by Gasteiger charge is -2.04. The summed E-state index contributed by atoms with van der Waals surface area (Å²) < 4.78 is 0. The van der Waals surface area contributed by atoms with E-state index in [0.717, 1.165) is 26.0 Å². The molecule has 1 aromatic carbocycles. The zero-order valence-corrected chi connectivity index (χ0v) is 15.0. The van der Waals surface area contributed by atoms with Crippen LogP contribution in [-0.2, 0) is 6.54 Å². The van der Waals surface area contributed by atoms with Crippen molar-refractivity contribution in [2.24, 2.45) is 0 Å². The Morgan fingerprint density at radius 2 is 1.96 bits per heavy atom. The first-order valence-corrected chi connectivity index (χ1v) is 9.40. The van der Waals surface area contributed by atoms with Crippen molar-refractivity contribution in [1.82, 2.24) is 20.3 Å². The topological polar surface area (TPSA) is 67.8 Å². The Morgan fingerprint density at radius 3 is 2.76 bits per heavy atom. The van der Waals surface area contributed by atoms with E-state index in [9.17, 15) is 4.79 Å². The molecule has 5 nitrogen and oxygen atoms in total. The number of benzene rings is 1. The highest BCUT2D eigenvalue weighted by Crippen LogP contribution is 2.30. The molecule has 0 saturated carbocycles. The molecule has 0 aliphatic carbocycles. The number of aryl methyl sites for hydroxylation is 1. The van der Waals surface area contributed by atoms with Crippen molar-refractivity contribution in [2.75, 3.05) is 0 Å². The molecule has 1 N–H and O–H groups in total. The van der Waals surface area contributed by atoms with Crippen molar-refractivity contribution >= 4 is 39.6 Å². The van der Waals surface area contributed by atoms with Gasteiger partial charge in [0, 0.05) is 4.88 Å². The van der Waals surface area contributed by atoms with Crippen LogP contribution in [0, 0.1) is 6.92 Å². The summed E-state index contributed by atoms with van der Waals surface area (Å²) in [5.41, 5.74) is 2.75. The molecule has 1 amide bonds. The third kappa shape index (κ3) is 3.29. The van der Waals surface area contributed by atoms with E-state index in [-0.39, 0.29) is 5.91 Å².